The fourth-order valence-corrected chi connectivity index (χ4v) is 4.09. The fourth-order valence-electron chi connectivity index (χ4n) is 2.78. The largest absolute Gasteiger partial charge is 0.372 e. The van der Waals surface area contributed by atoms with Crippen molar-refractivity contribution >= 4 is 21.4 Å². The van der Waals surface area contributed by atoms with Crippen LogP contribution in [0, 0.1) is 6.92 Å². The molecule has 0 amide bonds. The minimum atomic E-state index is -3.54. The summed E-state index contributed by atoms with van der Waals surface area (Å²) in [6.07, 6.45) is 2.45. The summed E-state index contributed by atoms with van der Waals surface area (Å²) in [6, 6.07) is 14.6. The van der Waals surface area contributed by atoms with Crippen LogP contribution in [0.25, 0.3) is 0 Å². The average molecular weight is 316 g/mol. The van der Waals surface area contributed by atoms with E-state index in [0.29, 0.717) is 10.6 Å². The molecule has 4 nitrogen and oxygen atoms in total. The molecule has 0 saturated carbocycles. The molecule has 0 atom stereocenters. The SMILES string of the molecule is Cc1ccccc1S(=O)(=O)Nc1ccc(N2CCCC2)cc1. The van der Waals surface area contributed by atoms with Gasteiger partial charge in [0.15, 0.2) is 0 Å². The number of rotatable bonds is 4. The number of hydrogen-bond donors (Lipinski definition) is 1. The van der Waals surface area contributed by atoms with E-state index >= 15 is 0 Å². The molecule has 1 fully saturated rings. The fraction of sp³-hybridized carbons (Fsp3) is 0.294. The third-order valence-electron chi connectivity index (χ3n) is 3.97. The Labute approximate surface area is 131 Å². The summed E-state index contributed by atoms with van der Waals surface area (Å²) < 4.78 is 27.5. The van der Waals surface area contributed by atoms with Gasteiger partial charge in [-0.1, -0.05) is 18.2 Å². The Morgan fingerprint density at radius 3 is 2.23 bits per heavy atom. The second kappa shape index (κ2) is 6.01. The highest BCUT2D eigenvalue weighted by Gasteiger charge is 2.17. The molecule has 1 saturated heterocycles. The van der Waals surface area contributed by atoms with E-state index in [9.17, 15) is 8.42 Å². The lowest BCUT2D eigenvalue weighted by Crippen LogP contribution is -2.17. The molecule has 5 heteroatoms. The van der Waals surface area contributed by atoms with Crippen LogP contribution in [-0.4, -0.2) is 21.5 Å². The molecule has 22 heavy (non-hydrogen) atoms. The molecule has 116 valence electrons. The van der Waals surface area contributed by atoms with Gasteiger partial charge in [0.1, 0.15) is 0 Å². The van der Waals surface area contributed by atoms with E-state index in [2.05, 4.69) is 9.62 Å². The summed E-state index contributed by atoms with van der Waals surface area (Å²) in [5.74, 6) is 0. The summed E-state index contributed by atoms with van der Waals surface area (Å²) in [5, 5.41) is 0. The van der Waals surface area contributed by atoms with Crippen molar-refractivity contribution < 1.29 is 8.42 Å². The molecule has 0 radical (unpaired) electrons. The summed E-state index contributed by atoms with van der Waals surface area (Å²) in [6.45, 7) is 3.95. The first kappa shape index (κ1) is 14.9. The minimum Gasteiger partial charge on any atom is -0.372 e. The van der Waals surface area contributed by atoms with Gasteiger partial charge in [-0.15, -0.1) is 0 Å². The Bertz CT molecular complexity index is 748. The topological polar surface area (TPSA) is 49.4 Å². The summed E-state index contributed by atoms with van der Waals surface area (Å²) >= 11 is 0. The zero-order valence-corrected chi connectivity index (χ0v) is 13.4. The van der Waals surface area contributed by atoms with Gasteiger partial charge in [0.2, 0.25) is 0 Å². The molecule has 0 spiro atoms. The van der Waals surface area contributed by atoms with Crippen molar-refractivity contribution in [2.45, 2.75) is 24.7 Å². The molecule has 3 rings (SSSR count). The van der Waals surface area contributed by atoms with Crippen molar-refractivity contribution in [3.8, 4) is 0 Å². The van der Waals surface area contributed by atoms with Gasteiger partial charge in [-0.2, -0.15) is 0 Å². The number of anilines is 2. The molecular weight excluding hydrogens is 296 g/mol. The smallest absolute Gasteiger partial charge is 0.262 e. The number of nitrogens with zero attached hydrogens (tertiary/aromatic N) is 1. The number of nitrogens with one attached hydrogen (secondary N) is 1. The minimum absolute atomic E-state index is 0.318. The van der Waals surface area contributed by atoms with Crippen molar-refractivity contribution in [3.05, 3.63) is 54.1 Å². The van der Waals surface area contributed by atoms with Gasteiger partial charge in [0, 0.05) is 24.5 Å². The Hall–Kier alpha value is -2.01. The van der Waals surface area contributed by atoms with Gasteiger partial charge in [-0.05, 0) is 55.7 Å². The van der Waals surface area contributed by atoms with E-state index in [0.717, 1.165) is 24.3 Å². The van der Waals surface area contributed by atoms with Gasteiger partial charge >= 0.3 is 0 Å². The molecule has 2 aromatic carbocycles. The predicted octanol–water partition coefficient (Wildman–Crippen LogP) is 3.40. The van der Waals surface area contributed by atoms with Gasteiger partial charge < -0.3 is 4.90 Å². The number of benzene rings is 2. The van der Waals surface area contributed by atoms with Crippen LogP contribution in [0.3, 0.4) is 0 Å². The lowest BCUT2D eigenvalue weighted by molar-refractivity contribution is 0.600. The van der Waals surface area contributed by atoms with E-state index in [1.54, 1.807) is 25.1 Å². The zero-order chi connectivity index (χ0) is 15.6. The Morgan fingerprint density at radius 2 is 1.59 bits per heavy atom. The van der Waals surface area contributed by atoms with Crippen molar-refractivity contribution in [2.75, 3.05) is 22.7 Å². The lowest BCUT2D eigenvalue weighted by atomic mass is 10.2. The third-order valence-corrected chi connectivity index (χ3v) is 5.52. The second-order valence-corrected chi connectivity index (χ2v) is 7.26. The van der Waals surface area contributed by atoms with Crippen LogP contribution in [-0.2, 0) is 10.0 Å². The van der Waals surface area contributed by atoms with Gasteiger partial charge in [0.25, 0.3) is 10.0 Å². The van der Waals surface area contributed by atoms with E-state index in [-0.39, 0.29) is 0 Å². The predicted molar refractivity (Wildman–Crippen MR) is 89.9 cm³/mol. The maximum absolute atomic E-state index is 12.4. The molecule has 0 aromatic heterocycles. The molecule has 1 aliphatic rings. The highest BCUT2D eigenvalue weighted by molar-refractivity contribution is 7.92. The lowest BCUT2D eigenvalue weighted by Gasteiger charge is -2.18. The summed E-state index contributed by atoms with van der Waals surface area (Å²) in [5.41, 5.74) is 2.48. The highest BCUT2D eigenvalue weighted by Crippen LogP contribution is 2.24. The molecule has 1 aliphatic heterocycles. The van der Waals surface area contributed by atoms with E-state index in [1.807, 2.05) is 30.3 Å². The monoisotopic (exact) mass is 316 g/mol. The second-order valence-electron chi connectivity index (χ2n) is 5.61. The summed E-state index contributed by atoms with van der Waals surface area (Å²) in [4.78, 5) is 2.64. The molecule has 1 heterocycles. The summed E-state index contributed by atoms with van der Waals surface area (Å²) in [7, 11) is -3.54. The maximum atomic E-state index is 12.4. The van der Waals surface area contributed by atoms with Gasteiger partial charge in [0.05, 0.1) is 4.90 Å². The van der Waals surface area contributed by atoms with Crippen molar-refractivity contribution in [3.63, 3.8) is 0 Å². The quantitative estimate of drug-likeness (QED) is 0.940. The molecule has 2 aromatic rings. The van der Waals surface area contributed by atoms with Gasteiger partial charge in [-0.3, -0.25) is 4.72 Å². The van der Waals surface area contributed by atoms with Crippen LogP contribution in [0.5, 0.6) is 0 Å². The Morgan fingerprint density at radius 1 is 0.955 bits per heavy atom. The Balaban J connectivity index is 1.79. The number of aryl methyl sites for hydroxylation is 1. The first-order chi connectivity index (χ1) is 10.6. The van der Waals surface area contributed by atoms with E-state index in [4.69, 9.17) is 0 Å². The van der Waals surface area contributed by atoms with Gasteiger partial charge in [-0.25, -0.2) is 8.42 Å². The maximum Gasteiger partial charge on any atom is 0.262 e. The Kier molecular flexibility index (Phi) is 4.07. The molecule has 1 N–H and O–H groups in total. The van der Waals surface area contributed by atoms with E-state index in [1.165, 1.54) is 12.8 Å². The normalized spacial score (nSPS) is 15.0. The van der Waals surface area contributed by atoms with Crippen molar-refractivity contribution in [1.82, 2.24) is 0 Å². The zero-order valence-electron chi connectivity index (χ0n) is 12.6. The third kappa shape index (κ3) is 3.09. The standard InChI is InChI=1S/C17H20N2O2S/c1-14-6-2-3-7-17(14)22(20,21)18-15-8-10-16(11-9-15)19-12-4-5-13-19/h2-3,6-11,18H,4-5,12-13H2,1H3. The van der Waals surface area contributed by atoms with Crippen LogP contribution in [0.1, 0.15) is 18.4 Å². The molecule has 0 unspecified atom stereocenters. The first-order valence-corrected chi connectivity index (χ1v) is 8.98. The molecule has 0 aliphatic carbocycles. The van der Waals surface area contributed by atoms with Crippen molar-refractivity contribution in [1.29, 1.82) is 0 Å². The van der Waals surface area contributed by atoms with E-state index < -0.39 is 10.0 Å². The number of sulfonamides is 1. The van der Waals surface area contributed by atoms with Crippen LogP contribution in [0.4, 0.5) is 11.4 Å². The van der Waals surface area contributed by atoms with Crippen LogP contribution in [0.2, 0.25) is 0 Å². The molecular formula is C17H20N2O2S. The average Bonchev–Trinajstić information content (AvgIpc) is 3.02. The molecule has 0 bridgehead atoms. The highest BCUT2D eigenvalue weighted by atomic mass is 32.2. The first-order valence-electron chi connectivity index (χ1n) is 7.50. The van der Waals surface area contributed by atoms with Crippen LogP contribution >= 0.6 is 0 Å². The van der Waals surface area contributed by atoms with Crippen LogP contribution in [0.15, 0.2) is 53.4 Å². The van der Waals surface area contributed by atoms with Crippen molar-refractivity contribution in [2.24, 2.45) is 0 Å². The van der Waals surface area contributed by atoms with Crippen LogP contribution < -0.4 is 9.62 Å². The number of hydrogen-bond acceptors (Lipinski definition) is 3.